The number of carbonyl (C=O) groups excluding carboxylic acids is 1. The third-order valence-electron chi connectivity index (χ3n) is 2.92. The monoisotopic (exact) mass is 319 g/mol. The highest BCUT2D eigenvalue weighted by molar-refractivity contribution is 8.13. The Morgan fingerprint density at radius 2 is 2.25 bits per heavy atom. The van der Waals surface area contributed by atoms with Gasteiger partial charge in [-0.3, -0.25) is 4.79 Å². The molecule has 1 N–H and O–H groups in total. The van der Waals surface area contributed by atoms with Crippen molar-refractivity contribution in [2.45, 2.75) is 23.8 Å². The van der Waals surface area contributed by atoms with E-state index in [9.17, 15) is 13.2 Å². The molecule has 0 bridgehead atoms. The van der Waals surface area contributed by atoms with E-state index in [2.05, 4.69) is 5.32 Å². The van der Waals surface area contributed by atoms with Crippen LogP contribution >= 0.6 is 10.7 Å². The molecule has 1 aromatic carbocycles. The Morgan fingerprint density at radius 3 is 2.80 bits per heavy atom. The van der Waals surface area contributed by atoms with E-state index < -0.39 is 15.2 Å². The summed E-state index contributed by atoms with van der Waals surface area (Å²) in [6.07, 6.45) is 0.998. The van der Waals surface area contributed by atoms with E-state index in [1.54, 1.807) is 0 Å². The number of nitrogens with one attached hydrogen (secondary N) is 1. The molecule has 1 fully saturated rings. The predicted molar refractivity (Wildman–Crippen MR) is 73.6 cm³/mol. The van der Waals surface area contributed by atoms with Gasteiger partial charge in [0.1, 0.15) is 16.7 Å². The van der Waals surface area contributed by atoms with Gasteiger partial charge in [0.15, 0.2) is 0 Å². The fourth-order valence-electron chi connectivity index (χ4n) is 1.95. The third-order valence-corrected chi connectivity index (χ3v) is 4.26. The van der Waals surface area contributed by atoms with Crippen molar-refractivity contribution in [3.05, 3.63) is 18.2 Å². The van der Waals surface area contributed by atoms with Gasteiger partial charge in [0.2, 0.25) is 0 Å². The van der Waals surface area contributed by atoms with E-state index in [-0.39, 0.29) is 16.6 Å². The average Bonchev–Trinajstić information content (AvgIpc) is 2.91. The third kappa shape index (κ3) is 3.41. The summed E-state index contributed by atoms with van der Waals surface area (Å²) in [4.78, 5) is 11.7. The maximum absolute atomic E-state index is 11.9. The molecule has 1 aliphatic rings. The molecule has 1 saturated heterocycles. The van der Waals surface area contributed by atoms with Gasteiger partial charge in [-0.05, 0) is 31.0 Å². The Kier molecular flexibility index (Phi) is 4.52. The molecule has 1 aliphatic heterocycles. The molecule has 6 nitrogen and oxygen atoms in total. The number of anilines is 1. The predicted octanol–water partition coefficient (Wildman–Crippen LogP) is 1.74. The Bertz CT molecular complexity index is 610. The topological polar surface area (TPSA) is 81.7 Å². The molecule has 2 rings (SSSR count). The van der Waals surface area contributed by atoms with E-state index in [4.69, 9.17) is 20.2 Å². The highest BCUT2D eigenvalue weighted by atomic mass is 35.7. The van der Waals surface area contributed by atoms with Crippen molar-refractivity contribution in [1.82, 2.24) is 0 Å². The average molecular weight is 320 g/mol. The van der Waals surface area contributed by atoms with Crippen LogP contribution < -0.4 is 10.1 Å². The zero-order chi connectivity index (χ0) is 14.8. The van der Waals surface area contributed by atoms with Crippen molar-refractivity contribution in [2.75, 3.05) is 19.0 Å². The van der Waals surface area contributed by atoms with Crippen molar-refractivity contribution in [3.8, 4) is 5.75 Å². The van der Waals surface area contributed by atoms with E-state index >= 15 is 0 Å². The van der Waals surface area contributed by atoms with Crippen molar-refractivity contribution < 1.29 is 22.7 Å². The second kappa shape index (κ2) is 5.99. The first-order valence-corrected chi connectivity index (χ1v) is 8.28. The van der Waals surface area contributed by atoms with E-state index in [0.29, 0.717) is 18.7 Å². The van der Waals surface area contributed by atoms with Gasteiger partial charge >= 0.3 is 0 Å². The van der Waals surface area contributed by atoms with Gasteiger partial charge in [-0.1, -0.05) is 0 Å². The summed E-state index contributed by atoms with van der Waals surface area (Å²) in [5, 5.41) is 2.61. The van der Waals surface area contributed by atoms with Crippen molar-refractivity contribution in [3.63, 3.8) is 0 Å². The summed E-state index contributed by atoms with van der Waals surface area (Å²) in [6, 6.07) is 4.23. The van der Waals surface area contributed by atoms with Crippen LogP contribution in [0.15, 0.2) is 23.1 Å². The second-order valence-electron chi connectivity index (χ2n) is 4.29. The van der Waals surface area contributed by atoms with Crippen LogP contribution in [0.1, 0.15) is 12.8 Å². The maximum atomic E-state index is 11.9. The van der Waals surface area contributed by atoms with Crippen molar-refractivity contribution in [1.29, 1.82) is 0 Å². The Morgan fingerprint density at radius 1 is 1.50 bits per heavy atom. The van der Waals surface area contributed by atoms with Crippen LogP contribution in [0.5, 0.6) is 5.75 Å². The fourth-order valence-corrected chi connectivity index (χ4v) is 2.97. The number of benzene rings is 1. The second-order valence-corrected chi connectivity index (χ2v) is 6.83. The molecule has 1 unspecified atom stereocenters. The van der Waals surface area contributed by atoms with Crippen LogP contribution in [0.3, 0.4) is 0 Å². The quantitative estimate of drug-likeness (QED) is 0.855. The summed E-state index contributed by atoms with van der Waals surface area (Å²) >= 11 is 0. The largest absolute Gasteiger partial charge is 0.495 e. The van der Waals surface area contributed by atoms with Crippen LogP contribution in [0, 0.1) is 0 Å². The number of hydrogen-bond donors (Lipinski definition) is 1. The standard InChI is InChI=1S/C12H14ClNO5S/c1-18-9-5-4-8(7-11(9)20(13,16)17)14-12(15)10-3-2-6-19-10/h4-5,7,10H,2-3,6H2,1H3,(H,14,15). The van der Waals surface area contributed by atoms with Crippen LogP contribution in [0.2, 0.25) is 0 Å². The van der Waals surface area contributed by atoms with E-state index in [0.717, 1.165) is 6.42 Å². The molecule has 1 heterocycles. The van der Waals surface area contributed by atoms with Gasteiger partial charge < -0.3 is 14.8 Å². The molecule has 1 aromatic rings. The van der Waals surface area contributed by atoms with E-state index in [1.165, 1.54) is 25.3 Å². The molecule has 0 radical (unpaired) electrons. The SMILES string of the molecule is COc1ccc(NC(=O)C2CCCO2)cc1S(=O)(=O)Cl. The van der Waals surface area contributed by atoms with Crippen molar-refractivity contribution >= 4 is 31.3 Å². The van der Waals surface area contributed by atoms with Gasteiger partial charge in [0.25, 0.3) is 15.0 Å². The molecule has 8 heteroatoms. The molecular weight excluding hydrogens is 306 g/mol. The highest BCUT2D eigenvalue weighted by Crippen LogP contribution is 2.30. The molecule has 0 spiro atoms. The van der Waals surface area contributed by atoms with Gasteiger partial charge in [-0.2, -0.15) is 0 Å². The van der Waals surface area contributed by atoms with E-state index in [1.807, 2.05) is 0 Å². The summed E-state index contributed by atoms with van der Waals surface area (Å²) in [5.74, 6) is -0.180. The number of methoxy groups -OCH3 is 1. The number of hydrogen-bond acceptors (Lipinski definition) is 5. The van der Waals surface area contributed by atoms with Gasteiger partial charge in [-0.25, -0.2) is 8.42 Å². The van der Waals surface area contributed by atoms with Gasteiger partial charge in [0.05, 0.1) is 7.11 Å². The Hall–Kier alpha value is -1.31. The number of ether oxygens (including phenoxy) is 2. The first-order chi connectivity index (χ1) is 9.41. The summed E-state index contributed by atoms with van der Waals surface area (Å²) in [6.45, 7) is 0.558. The minimum atomic E-state index is -3.96. The van der Waals surface area contributed by atoms with Crippen molar-refractivity contribution in [2.24, 2.45) is 0 Å². The lowest BCUT2D eigenvalue weighted by atomic mass is 10.2. The van der Waals surface area contributed by atoms with Crippen LogP contribution in [0.4, 0.5) is 5.69 Å². The van der Waals surface area contributed by atoms with Crippen LogP contribution in [-0.2, 0) is 18.6 Å². The highest BCUT2D eigenvalue weighted by Gasteiger charge is 2.24. The molecule has 1 atom stereocenters. The molecular formula is C12H14ClNO5S. The molecule has 0 aliphatic carbocycles. The Labute approximate surface area is 121 Å². The summed E-state index contributed by atoms with van der Waals surface area (Å²) < 4.78 is 33.1. The summed E-state index contributed by atoms with van der Waals surface area (Å²) in [5.41, 5.74) is 0.325. The number of halogens is 1. The number of carbonyl (C=O) groups is 1. The zero-order valence-corrected chi connectivity index (χ0v) is 12.3. The lowest BCUT2D eigenvalue weighted by Crippen LogP contribution is -2.26. The molecule has 20 heavy (non-hydrogen) atoms. The van der Waals surface area contributed by atoms with Gasteiger partial charge in [0, 0.05) is 23.0 Å². The van der Waals surface area contributed by atoms with Crippen LogP contribution in [-0.4, -0.2) is 34.1 Å². The first kappa shape index (κ1) is 15.1. The minimum Gasteiger partial charge on any atom is -0.495 e. The normalized spacial score (nSPS) is 18.8. The first-order valence-electron chi connectivity index (χ1n) is 5.97. The lowest BCUT2D eigenvalue weighted by Gasteiger charge is -2.12. The van der Waals surface area contributed by atoms with Gasteiger partial charge in [-0.15, -0.1) is 0 Å². The molecule has 0 aromatic heterocycles. The lowest BCUT2D eigenvalue weighted by molar-refractivity contribution is -0.124. The van der Waals surface area contributed by atoms with Crippen LogP contribution in [0.25, 0.3) is 0 Å². The Balaban J connectivity index is 2.23. The number of amides is 1. The zero-order valence-electron chi connectivity index (χ0n) is 10.8. The molecule has 1 amide bonds. The fraction of sp³-hybridized carbons (Fsp3) is 0.417. The molecule has 110 valence electrons. The minimum absolute atomic E-state index is 0.120. The molecule has 0 saturated carbocycles. The summed E-state index contributed by atoms with van der Waals surface area (Å²) in [7, 11) is 2.71. The smallest absolute Gasteiger partial charge is 0.265 e. The number of rotatable bonds is 4. The maximum Gasteiger partial charge on any atom is 0.265 e.